The number of piperidine rings is 1. The van der Waals surface area contributed by atoms with E-state index in [1.807, 2.05) is 18.2 Å². The number of oxazole rings is 1. The molecular weight excluding hydrogens is 418 g/mol. The van der Waals surface area contributed by atoms with Crippen LogP contribution >= 0.6 is 0 Å². The summed E-state index contributed by atoms with van der Waals surface area (Å²) < 4.78 is 32.3. The number of sulfonamides is 1. The van der Waals surface area contributed by atoms with Gasteiger partial charge in [-0.25, -0.2) is 13.2 Å². The third kappa shape index (κ3) is 4.88. The summed E-state index contributed by atoms with van der Waals surface area (Å²) in [5.41, 5.74) is 1.90. The van der Waals surface area contributed by atoms with Crippen molar-refractivity contribution in [2.45, 2.75) is 30.6 Å². The van der Waals surface area contributed by atoms with Crippen molar-refractivity contribution in [3.63, 3.8) is 0 Å². The molecule has 164 valence electrons. The molecule has 1 fully saturated rings. The topological polar surface area (TPSA) is 112 Å². The van der Waals surface area contributed by atoms with E-state index in [4.69, 9.17) is 4.42 Å². The van der Waals surface area contributed by atoms with Gasteiger partial charge in [0.25, 0.3) is 0 Å². The summed E-state index contributed by atoms with van der Waals surface area (Å²) in [6.07, 6.45) is 2.72. The molecule has 2 heterocycles. The van der Waals surface area contributed by atoms with E-state index in [1.165, 1.54) is 28.1 Å². The molecule has 4 rings (SSSR count). The van der Waals surface area contributed by atoms with Gasteiger partial charge in [-0.15, -0.1) is 0 Å². The van der Waals surface area contributed by atoms with Gasteiger partial charge in [-0.2, -0.15) is 4.31 Å². The Morgan fingerprint density at radius 3 is 2.61 bits per heavy atom. The Bertz CT molecular complexity index is 1210. The first-order valence-electron chi connectivity index (χ1n) is 10.4. The van der Waals surface area contributed by atoms with Gasteiger partial charge in [-0.3, -0.25) is 9.78 Å². The summed E-state index contributed by atoms with van der Waals surface area (Å²) >= 11 is 0. The van der Waals surface area contributed by atoms with Gasteiger partial charge >= 0.3 is 5.76 Å². The van der Waals surface area contributed by atoms with Crippen LogP contribution in [0.5, 0.6) is 0 Å². The van der Waals surface area contributed by atoms with Crippen LogP contribution < -0.4 is 11.1 Å². The Kier molecular flexibility index (Phi) is 6.24. The van der Waals surface area contributed by atoms with Crippen LogP contribution in [0, 0.1) is 5.92 Å². The average Bonchev–Trinajstić information content (AvgIpc) is 3.16. The molecule has 1 amide bonds. The maximum atomic E-state index is 13.0. The maximum absolute atomic E-state index is 13.0. The minimum absolute atomic E-state index is 0.0133. The number of benzene rings is 2. The summed E-state index contributed by atoms with van der Waals surface area (Å²) in [6, 6.07) is 14.4. The first-order valence-corrected chi connectivity index (χ1v) is 11.8. The third-order valence-corrected chi connectivity index (χ3v) is 7.53. The van der Waals surface area contributed by atoms with E-state index in [0.717, 1.165) is 12.8 Å². The Labute approximate surface area is 180 Å². The SMILES string of the molecule is O=C(NCCCc1ccccc1)C1CCN(S(=O)(=O)c2ccc3[nH]c(=O)oc3c2)CC1. The van der Waals surface area contributed by atoms with E-state index in [-0.39, 0.29) is 35.4 Å². The van der Waals surface area contributed by atoms with E-state index in [1.54, 1.807) is 0 Å². The molecular formula is C22H25N3O5S. The highest BCUT2D eigenvalue weighted by atomic mass is 32.2. The predicted molar refractivity (Wildman–Crippen MR) is 116 cm³/mol. The van der Waals surface area contributed by atoms with E-state index < -0.39 is 15.8 Å². The zero-order valence-corrected chi connectivity index (χ0v) is 17.9. The first kappa shape index (κ1) is 21.3. The molecule has 9 heteroatoms. The minimum atomic E-state index is -3.72. The molecule has 2 aromatic carbocycles. The summed E-state index contributed by atoms with van der Waals surface area (Å²) in [5.74, 6) is -0.825. The van der Waals surface area contributed by atoms with Crippen LogP contribution in [0.3, 0.4) is 0 Å². The van der Waals surface area contributed by atoms with Crippen molar-refractivity contribution in [2.24, 2.45) is 5.92 Å². The molecule has 1 saturated heterocycles. The number of aromatic nitrogens is 1. The second-order valence-electron chi connectivity index (χ2n) is 7.73. The zero-order chi connectivity index (χ0) is 21.8. The highest BCUT2D eigenvalue weighted by Gasteiger charge is 2.32. The fourth-order valence-corrected chi connectivity index (χ4v) is 5.37. The quantitative estimate of drug-likeness (QED) is 0.544. The standard InChI is InChI=1S/C22H25N3O5S/c26-21(23-12-4-7-16-5-2-1-3-6-16)17-10-13-25(14-11-17)31(28,29)18-8-9-19-20(15-18)30-22(27)24-19/h1-3,5-6,8-9,15,17H,4,7,10-14H2,(H,23,26)(H,24,27). The van der Waals surface area contributed by atoms with Crippen LogP contribution in [-0.2, 0) is 21.2 Å². The van der Waals surface area contributed by atoms with Gasteiger partial charge in [-0.05, 0) is 43.4 Å². The lowest BCUT2D eigenvalue weighted by atomic mass is 9.97. The van der Waals surface area contributed by atoms with Crippen LogP contribution in [0.25, 0.3) is 11.1 Å². The van der Waals surface area contributed by atoms with Crippen molar-refractivity contribution < 1.29 is 17.6 Å². The smallest absolute Gasteiger partial charge is 0.408 e. The molecule has 0 bridgehead atoms. The van der Waals surface area contributed by atoms with Crippen LogP contribution in [0.1, 0.15) is 24.8 Å². The Balaban J connectivity index is 1.28. The molecule has 0 saturated carbocycles. The molecule has 1 aromatic heterocycles. The number of amides is 1. The molecule has 0 unspecified atom stereocenters. The molecule has 1 aliphatic rings. The summed E-state index contributed by atoms with van der Waals surface area (Å²) in [5, 5.41) is 2.98. The number of nitrogens with zero attached hydrogens (tertiary/aromatic N) is 1. The fourth-order valence-electron chi connectivity index (χ4n) is 3.89. The number of H-pyrrole nitrogens is 1. The summed E-state index contributed by atoms with van der Waals surface area (Å²) in [7, 11) is -3.72. The van der Waals surface area contributed by atoms with Crippen LogP contribution in [0.15, 0.2) is 62.6 Å². The second-order valence-corrected chi connectivity index (χ2v) is 9.67. The first-order chi connectivity index (χ1) is 14.9. The Morgan fingerprint density at radius 1 is 1.13 bits per heavy atom. The number of fused-ring (bicyclic) bond motifs is 1. The molecule has 1 aliphatic heterocycles. The van der Waals surface area contributed by atoms with Gasteiger partial charge in [0.15, 0.2) is 5.58 Å². The van der Waals surface area contributed by atoms with Crippen LogP contribution in [0.2, 0.25) is 0 Å². The lowest BCUT2D eigenvalue weighted by Gasteiger charge is -2.30. The van der Waals surface area contributed by atoms with Crippen molar-refractivity contribution >= 4 is 27.0 Å². The van der Waals surface area contributed by atoms with Crippen LogP contribution in [0.4, 0.5) is 0 Å². The van der Waals surface area contributed by atoms with Gasteiger partial charge in [0, 0.05) is 31.6 Å². The highest BCUT2D eigenvalue weighted by molar-refractivity contribution is 7.89. The van der Waals surface area contributed by atoms with Gasteiger partial charge in [-0.1, -0.05) is 30.3 Å². The summed E-state index contributed by atoms with van der Waals surface area (Å²) in [4.78, 5) is 26.3. The lowest BCUT2D eigenvalue weighted by Crippen LogP contribution is -2.43. The molecule has 0 spiro atoms. The van der Waals surface area contributed by atoms with Crippen molar-refractivity contribution in [3.8, 4) is 0 Å². The molecule has 3 aromatic rings. The van der Waals surface area contributed by atoms with Crippen molar-refractivity contribution in [2.75, 3.05) is 19.6 Å². The normalized spacial score (nSPS) is 15.9. The zero-order valence-electron chi connectivity index (χ0n) is 17.0. The molecule has 0 atom stereocenters. The number of nitrogens with one attached hydrogen (secondary N) is 2. The molecule has 8 nitrogen and oxygen atoms in total. The minimum Gasteiger partial charge on any atom is -0.408 e. The largest absolute Gasteiger partial charge is 0.417 e. The Morgan fingerprint density at radius 2 is 1.87 bits per heavy atom. The van der Waals surface area contributed by atoms with Crippen molar-refractivity contribution in [1.82, 2.24) is 14.6 Å². The van der Waals surface area contributed by atoms with Crippen molar-refractivity contribution in [1.29, 1.82) is 0 Å². The molecule has 2 N–H and O–H groups in total. The molecule has 0 aliphatic carbocycles. The number of hydrogen-bond donors (Lipinski definition) is 2. The number of carbonyl (C=O) groups is 1. The van der Waals surface area contributed by atoms with E-state index >= 15 is 0 Å². The predicted octanol–water partition coefficient (Wildman–Crippen LogP) is 2.27. The summed E-state index contributed by atoms with van der Waals surface area (Å²) in [6.45, 7) is 1.16. The van der Waals surface area contributed by atoms with Gasteiger partial charge in [0.05, 0.1) is 10.4 Å². The fraction of sp³-hybridized carbons (Fsp3) is 0.364. The number of aryl methyl sites for hydroxylation is 1. The highest BCUT2D eigenvalue weighted by Crippen LogP contribution is 2.25. The van der Waals surface area contributed by atoms with Crippen LogP contribution in [-0.4, -0.2) is 43.2 Å². The maximum Gasteiger partial charge on any atom is 0.417 e. The lowest BCUT2D eigenvalue weighted by molar-refractivity contribution is -0.126. The van der Waals surface area contributed by atoms with E-state index in [0.29, 0.717) is 24.9 Å². The monoisotopic (exact) mass is 443 g/mol. The third-order valence-electron chi connectivity index (χ3n) is 5.64. The number of rotatable bonds is 7. The van der Waals surface area contributed by atoms with Gasteiger partial charge < -0.3 is 9.73 Å². The van der Waals surface area contributed by atoms with Gasteiger partial charge in [0.2, 0.25) is 15.9 Å². The van der Waals surface area contributed by atoms with E-state index in [9.17, 15) is 18.0 Å². The number of aromatic amines is 1. The second kappa shape index (κ2) is 9.07. The Hall–Kier alpha value is -2.91. The number of carbonyl (C=O) groups excluding carboxylic acids is 1. The average molecular weight is 444 g/mol. The van der Waals surface area contributed by atoms with Crippen molar-refractivity contribution in [3.05, 3.63) is 64.6 Å². The molecule has 31 heavy (non-hydrogen) atoms. The van der Waals surface area contributed by atoms with E-state index in [2.05, 4.69) is 22.4 Å². The van der Waals surface area contributed by atoms with Gasteiger partial charge in [0.1, 0.15) is 0 Å². The molecule has 0 radical (unpaired) electrons. The number of hydrogen-bond acceptors (Lipinski definition) is 5.